The van der Waals surface area contributed by atoms with Crippen LogP contribution in [0.15, 0.2) is 48.5 Å². The number of amides is 1. The van der Waals surface area contributed by atoms with Gasteiger partial charge in [0.2, 0.25) is 0 Å². The number of rotatable bonds is 7. The van der Waals surface area contributed by atoms with E-state index in [0.717, 1.165) is 17.2 Å². The van der Waals surface area contributed by atoms with Crippen LogP contribution in [0.25, 0.3) is 0 Å². The second-order valence-corrected chi connectivity index (χ2v) is 6.06. The molecule has 0 aliphatic rings. The molecule has 0 aromatic heterocycles. The molecule has 2 rings (SSSR count). The van der Waals surface area contributed by atoms with Gasteiger partial charge < -0.3 is 15.0 Å². The van der Waals surface area contributed by atoms with Crippen LogP contribution in [0.3, 0.4) is 0 Å². The SMILES string of the molecule is C[NH+](CCOc1ccccc1)CC(=O)Nc1ccc(Cl)cc1Cl. The Hall–Kier alpha value is -1.75. The smallest absolute Gasteiger partial charge is 0.279 e. The Morgan fingerprint density at radius 3 is 2.61 bits per heavy atom. The monoisotopic (exact) mass is 353 g/mol. The minimum atomic E-state index is -0.105. The van der Waals surface area contributed by atoms with Gasteiger partial charge in [0.25, 0.3) is 5.91 Å². The van der Waals surface area contributed by atoms with Crippen molar-refractivity contribution < 1.29 is 14.4 Å². The molecule has 0 aliphatic carbocycles. The topological polar surface area (TPSA) is 42.8 Å². The predicted octanol–water partition coefficient (Wildman–Crippen LogP) is 2.53. The van der Waals surface area contributed by atoms with Gasteiger partial charge in [-0.1, -0.05) is 41.4 Å². The molecule has 2 aromatic carbocycles. The zero-order valence-electron chi connectivity index (χ0n) is 12.8. The molecule has 2 N–H and O–H groups in total. The number of carbonyl (C=O) groups is 1. The van der Waals surface area contributed by atoms with Gasteiger partial charge in [-0.2, -0.15) is 0 Å². The highest BCUT2D eigenvalue weighted by atomic mass is 35.5. The van der Waals surface area contributed by atoms with Crippen molar-refractivity contribution in [2.75, 3.05) is 32.1 Å². The molecule has 2 aromatic rings. The lowest BCUT2D eigenvalue weighted by atomic mass is 10.3. The number of hydrogen-bond acceptors (Lipinski definition) is 2. The van der Waals surface area contributed by atoms with Gasteiger partial charge in [0.05, 0.1) is 17.8 Å². The van der Waals surface area contributed by atoms with Gasteiger partial charge in [-0.05, 0) is 30.3 Å². The van der Waals surface area contributed by atoms with Gasteiger partial charge in [-0.25, -0.2) is 0 Å². The van der Waals surface area contributed by atoms with Crippen LogP contribution in [0.2, 0.25) is 10.0 Å². The van der Waals surface area contributed by atoms with Gasteiger partial charge in [-0.3, -0.25) is 4.79 Å². The molecule has 0 fully saturated rings. The quantitative estimate of drug-likeness (QED) is 0.803. The number of ether oxygens (including phenoxy) is 1. The molecular formula is C17H19Cl2N2O2+. The molecule has 122 valence electrons. The minimum absolute atomic E-state index is 0.105. The Balaban J connectivity index is 1.74. The summed E-state index contributed by atoms with van der Waals surface area (Å²) in [5, 5.41) is 3.75. The molecule has 0 saturated heterocycles. The van der Waals surface area contributed by atoms with Crippen LogP contribution in [-0.2, 0) is 4.79 Å². The average Bonchev–Trinajstić information content (AvgIpc) is 2.51. The third kappa shape index (κ3) is 6.10. The number of likely N-dealkylation sites (N-methyl/N-ethyl adjacent to an activating group) is 1. The molecule has 0 radical (unpaired) electrons. The maximum Gasteiger partial charge on any atom is 0.279 e. The molecule has 6 heteroatoms. The van der Waals surface area contributed by atoms with E-state index in [9.17, 15) is 4.79 Å². The number of halogens is 2. The van der Waals surface area contributed by atoms with E-state index >= 15 is 0 Å². The van der Waals surface area contributed by atoms with Gasteiger partial charge in [0.15, 0.2) is 6.54 Å². The first-order chi connectivity index (χ1) is 11.0. The largest absolute Gasteiger partial charge is 0.488 e. The number of carbonyl (C=O) groups excluding carboxylic acids is 1. The highest BCUT2D eigenvalue weighted by Crippen LogP contribution is 2.25. The summed E-state index contributed by atoms with van der Waals surface area (Å²) in [5.74, 6) is 0.726. The third-order valence-electron chi connectivity index (χ3n) is 3.21. The van der Waals surface area contributed by atoms with Crippen LogP contribution in [0, 0.1) is 0 Å². The molecule has 0 saturated carbocycles. The summed E-state index contributed by atoms with van der Waals surface area (Å²) in [6, 6.07) is 14.6. The lowest BCUT2D eigenvalue weighted by molar-refractivity contribution is -0.871. The molecule has 23 heavy (non-hydrogen) atoms. The Labute approximate surface area is 146 Å². The normalized spacial score (nSPS) is 11.8. The number of anilines is 1. The molecule has 1 atom stereocenters. The molecule has 0 bridgehead atoms. The molecule has 1 unspecified atom stereocenters. The number of nitrogens with one attached hydrogen (secondary N) is 2. The van der Waals surface area contributed by atoms with Crippen molar-refractivity contribution in [2.45, 2.75) is 0 Å². The van der Waals surface area contributed by atoms with Crippen molar-refractivity contribution in [2.24, 2.45) is 0 Å². The van der Waals surface area contributed by atoms with Crippen molar-refractivity contribution in [3.63, 3.8) is 0 Å². The maximum absolute atomic E-state index is 12.0. The molecule has 1 amide bonds. The molecule has 0 spiro atoms. The number of benzene rings is 2. The fraction of sp³-hybridized carbons (Fsp3) is 0.235. The van der Waals surface area contributed by atoms with Crippen LogP contribution in [0.5, 0.6) is 5.75 Å². The van der Waals surface area contributed by atoms with E-state index in [1.54, 1.807) is 18.2 Å². The van der Waals surface area contributed by atoms with Crippen molar-refractivity contribution in [1.29, 1.82) is 0 Å². The summed E-state index contributed by atoms with van der Waals surface area (Å²) in [7, 11) is 1.94. The van der Waals surface area contributed by atoms with Crippen LogP contribution in [-0.4, -0.2) is 32.7 Å². The van der Waals surface area contributed by atoms with Crippen molar-refractivity contribution in [1.82, 2.24) is 0 Å². The second kappa shape index (κ2) is 8.77. The van der Waals surface area contributed by atoms with E-state index in [0.29, 0.717) is 28.9 Å². The molecular weight excluding hydrogens is 335 g/mol. The first kappa shape index (κ1) is 17.6. The average molecular weight is 354 g/mol. The zero-order chi connectivity index (χ0) is 16.7. The summed E-state index contributed by atoms with van der Waals surface area (Å²) in [5.41, 5.74) is 0.564. The van der Waals surface area contributed by atoms with Gasteiger partial charge in [0, 0.05) is 5.02 Å². The summed E-state index contributed by atoms with van der Waals surface area (Å²) in [6.45, 7) is 1.60. The molecule has 4 nitrogen and oxygen atoms in total. The first-order valence-electron chi connectivity index (χ1n) is 7.28. The van der Waals surface area contributed by atoms with Crippen LogP contribution in [0.4, 0.5) is 5.69 Å². The second-order valence-electron chi connectivity index (χ2n) is 5.22. The van der Waals surface area contributed by atoms with Crippen LogP contribution in [0.1, 0.15) is 0 Å². The maximum atomic E-state index is 12.0. The highest BCUT2D eigenvalue weighted by molar-refractivity contribution is 6.36. The number of quaternary nitrogens is 1. The van der Waals surface area contributed by atoms with E-state index in [-0.39, 0.29) is 5.91 Å². The Morgan fingerprint density at radius 2 is 1.91 bits per heavy atom. The Kier molecular flexibility index (Phi) is 6.71. The van der Waals surface area contributed by atoms with Crippen LogP contribution >= 0.6 is 23.2 Å². The fourth-order valence-corrected chi connectivity index (χ4v) is 2.46. The fourth-order valence-electron chi connectivity index (χ4n) is 2.01. The first-order valence-corrected chi connectivity index (χ1v) is 8.04. The molecule has 0 aliphatic heterocycles. The minimum Gasteiger partial charge on any atom is -0.488 e. The number of para-hydroxylation sites is 1. The van der Waals surface area contributed by atoms with Crippen LogP contribution < -0.4 is 15.0 Å². The van der Waals surface area contributed by atoms with E-state index in [2.05, 4.69) is 5.32 Å². The third-order valence-corrected chi connectivity index (χ3v) is 3.76. The van der Waals surface area contributed by atoms with E-state index in [1.165, 1.54) is 0 Å². The van der Waals surface area contributed by atoms with E-state index < -0.39 is 0 Å². The summed E-state index contributed by atoms with van der Waals surface area (Å²) in [6.07, 6.45) is 0. The highest BCUT2D eigenvalue weighted by Gasteiger charge is 2.12. The Morgan fingerprint density at radius 1 is 1.17 bits per heavy atom. The lowest BCUT2D eigenvalue weighted by Crippen LogP contribution is -3.10. The summed E-state index contributed by atoms with van der Waals surface area (Å²) in [4.78, 5) is 13.1. The summed E-state index contributed by atoms with van der Waals surface area (Å²) < 4.78 is 5.62. The van der Waals surface area contributed by atoms with Crippen molar-refractivity contribution in [3.05, 3.63) is 58.6 Å². The van der Waals surface area contributed by atoms with Crippen molar-refractivity contribution in [3.8, 4) is 5.75 Å². The predicted molar refractivity (Wildman–Crippen MR) is 93.6 cm³/mol. The van der Waals surface area contributed by atoms with Gasteiger partial charge in [-0.15, -0.1) is 0 Å². The standard InChI is InChI=1S/C17H18Cl2N2O2/c1-21(9-10-23-14-5-3-2-4-6-14)12-17(22)20-16-8-7-13(18)11-15(16)19/h2-8,11H,9-10,12H2,1H3,(H,20,22)/p+1. The molecule has 0 heterocycles. The van der Waals surface area contributed by atoms with Gasteiger partial charge >= 0.3 is 0 Å². The lowest BCUT2D eigenvalue weighted by Gasteiger charge is -2.15. The zero-order valence-corrected chi connectivity index (χ0v) is 14.3. The summed E-state index contributed by atoms with van der Waals surface area (Å²) >= 11 is 11.9. The van der Waals surface area contributed by atoms with E-state index in [1.807, 2.05) is 37.4 Å². The van der Waals surface area contributed by atoms with Gasteiger partial charge in [0.1, 0.15) is 18.9 Å². The van der Waals surface area contributed by atoms with E-state index in [4.69, 9.17) is 27.9 Å². The number of hydrogen-bond donors (Lipinski definition) is 2. The Bertz CT molecular complexity index is 650. The van der Waals surface area contributed by atoms with Crippen molar-refractivity contribution >= 4 is 34.8 Å².